The molecule has 2 aromatic heterocycles. The number of nitrogens with zero attached hydrogens (tertiary/aromatic N) is 1. The minimum atomic E-state index is -4.07. The minimum absolute atomic E-state index is 0.0842. The second kappa shape index (κ2) is 9.13. The second-order valence-corrected chi connectivity index (χ2v) is 11.2. The van der Waals surface area contributed by atoms with Crippen molar-refractivity contribution >= 4 is 31.2 Å². The number of ether oxygens (including phenoxy) is 2. The number of benzene rings is 1. The summed E-state index contributed by atoms with van der Waals surface area (Å²) in [6.45, 7) is -0.372. The molecule has 0 bridgehead atoms. The quantitative estimate of drug-likeness (QED) is 0.514. The van der Waals surface area contributed by atoms with Crippen LogP contribution in [0.3, 0.4) is 0 Å². The average molecular weight is 469 g/mol. The van der Waals surface area contributed by atoms with Crippen molar-refractivity contribution in [3.63, 3.8) is 0 Å². The summed E-state index contributed by atoms with van der Waals surface area (Å²) in [6.07, 6.45) is 2.93. The van der Waals surface area contributed by atoms with Crippen LogP contribution in [0.1, 0.15) is 10.8 Å². The van der Waals surface area contributed by atoms with Crippen LogP contribution >= 0.6 is 11.3 Å². The van der Waals surface area contributed by atoms with Crippen LogP contribution in [0.15, 0.2) is 69.3 Å². The van der Waals surface area contributed by atoms with E-state index in [9.17, 15) is 16.8 Å². The zero-order chi connectivity index (χ0) is 21.8. The van der Waals surface area contributed by atoms with E-state index >= 15 is 0 Å². The second-order valence-electron chi connectivity index (χ2n) is 6.12. The summed E-state index contributed by atoms with van der Waals surface area (Å²) >= 11 is 1.07. The Hall–Kier alpha value is -2.47. The van der Waals surface area contributed by atoms with Crippen molar-refractivity contribution in [2.24, 2.45) is 0 Å². The third kappa shape index (κ3) is 4.64. The zero-order valence-electron chi connectivity index (χ0n) is 16.2. The van der Waals surface area contributed by atoms with Gasteiger partial charge >= 0.3 is 0 Å². The monoisotopic (exact) mass is 468 g/mol. The summed E-state index contributed by atoms with van der Waals surface area (Å²) in [7, 11) is -5.12. The van der Waals surface area contributed by atoms with Gasteiger partial charge in [-0.15, -0.1) is 11.3 Å². The fourth-order valence-corrected chi connectivity index (χ4v) is 6.95. The van der Waals surface area contributed by atoms with Crippen LogP contribution < -0.4 is 14.2 Å². The molecule has 1 aromatic carbocycles. The van der Waals surface area contributed by atoms with Crippen LogP contribution in [-0.4, -0.2) is 42.6 Å². The number of aromatic nitrogens is 1. The van der Waals surface area contributed by atoms with Crippen molar-refractivity contribution in [3.8, 4) is 11.5 Å². The maximum Gasteiger partial charge on any atom is 0.244 e. The first-order valence-corrected chi connectivity index (χ1v) is 12.6. The highest BCUT2D eigenvalue weighted by Crippen LogP contribution is 2.32. The molecule has 0 radical (unpaired) electrons. The van der Waals surface area contributed by atoms with Gasteiger partial charge in [-0.1, -0.05) is 12.1 Å². The highest BCUT2D eigenvalue weighted by Gasteiger charge is 2.32. The number of hydrogen-bond donors (Lipinski definition) is 1. The molecule has 3 aromatic rings. The fourth-order valence-electron chi connectivity index (χ4n) is 2.80. The van der Waals surface area contributed by atoms with E-state index in [0.29, 0.717) is 11.3 Å². The maximum absolute atomic E-state index is 13.2. The summed E-state index contributed by atoms with van der Waals surface area (Å²) in [5.74, 6) is 0.514. The van der Waals surface area contributed by atoms with Gasteiger partial charge < -0.3 is 9.47 Å². The number of pyridine rings is 1. The molecule has 0 spiro atoms. The van der Waals surface area contributed by atoms with Gasteiger partial charge in [0.1, 0.15) is 25.9 Å². The standard InChI is InChI=1S/C19H20N2O6S3/c1-26-15-7-8-17(16(11-15)27-2)30(24,25)21-13-18(14-5-3-9-20-12-14)29(22,23)19-6-4-10-28-19/h3-12,18,21H,13H2,1-2H3/t18-/m0/s1. The van der Waals surface area contributed by atoms with E-state index in [1.807, 2.05) is 0 Å². The molecule has 1 atom stereocenters. The van der Waals surface area contributed by atoms with Gasteiger partial charge in [-0.2, -0.15) is 0 Å². The Bertz CT molecular complexity index is 1190. The molecule has 0 aliphatic carbocycles. The van der Waals surface area contributed by atoms with Crippen LogP contribution in [-0.2, 0) is 19.9 Å². The predicted octanol–water partition coefficient (Wildman–Crippen LogP) is 2.65. The molecular weight excluding hydrogens is 448 g/mol. The molecule has 0 aliphatic rings. The molecule has 8 nitrogen and oxygen atoms in total. The van der Waals surface area contributed by atoms with Crippen LogP contribution in [0.5, 0.6) is 11.5 Å². The Kier molecular flexibility index (Phi) is 6.76. The van der Waals surface area contributed by atoms with E-state index in [0.717, 1.165) is 11.3 Å². The van der Waals surface area contributed by atoms with Gasteiger partial charge in [-0.05, 0) is 35.2 Å². The fraction of sp³-hybridized carbons (Fsp3) is 0.211. The van der Waals surface area contributed by atoms with Gasteiger partial charge in [0, 0.05) is 25.0 Å². The highest BCUT2D eigenvalue weighted by molar-refractivity contribution is 7.93. The molecule has 0 fully saturated rings. The average Bonchev–Trinajstić information content (AvgIpc) is 3.30. The van der Waals surface area contributed by atoms with Gasteiger partial charge in [-0.3, -0.25) is 4.98 Å². The summed E-state index contributed by atoms with van der Waals surface area (Å²) in [5.41, 5.74) is 0.385. The number of sulfone groups is 1. The number of rotatable bonds is 9. The number of thiophene rings is 1. The van der Waals surface area contributed by atoms with Gasteiger partial charge in [0.25, 0.3) is 0 Å². The minimum Gasteiger partial charge on any atom is -0.497 e. The topological polar surface area (TPSA) is 112 Å². The molecule has 2 heterocycles. The predicted molar refractivity (Wildman–Crippen MR) is 113 cm³/mol. The molecule has 11 heteroatoms. The van der Waals surface area contributed by atoms with Crippen LogP contribution in [0.25, 0.3) is 0 Å². The molecule has 0 aliphatic heterocycles. The van der Waals surface area contributed by atoms with E-state index in [2.05, 4.69) is 9.71 Å². The molecule has 0 saturated heterocycles. The Labute approximate surface area is 179 Å². The van der Waals surface area contributed by atoms with E-state index < -0.39 is 25.1 Å². The van der Waals surface area contributed by atoms with Crippen molar-refractivity contribution in [2.45, 2.75) is 14.4 Å². The Morgan fingerprint density at radius 2 is 1.87 bits per heavy atom. The first-order chi connectivity index (χ1) is 14.3. The van der Waals surface area contributed by atoms with Crippen molar-refractivity contribution in [2.75, 3.05) is 20.8 Å². The third-order valence-corrected chi connectivity index (χ3v) is 9.32. The first kappa shape index (κ1) is 22.2. The van der Waals surface area contributed by atoms with Gasteiger partial charge in [-0.25, -0.2) is 21.6 Å². The molecule has 30 heavy (non-hydrogen) atoms. The van der Waals surface area contributed by atoms with Gasteiger partial charge in [0.05, 0.1) is 14.2 Å². The Balaban J connectivity index is 1.95. The van der Waals surface area contributed by atoms with Crippen LogP contribution in [0, 0.1) is 0 Å². The number of methoxy groups -OCH3 is 2. The lowest BCUT2D eigenvalue weighted by atomic mass is 10.2. The van der Waals surface area contributed by atoms with Crippen molar-refractivity contribution < 1.29 is 26.3 Å². The van der Waals surface area contributed by atoms with Crippen molar-refractivity contribution in [3.05, 3.63) is 65.8 Å². The molecule has 160 valence electrons. The third-order valence-electron chi connectivity index (χ3n) is 4.33. The maximum atomic E-state index is 13.2. The van der Waals surface area contributed by atoms with Crippen molar-refractivity contribution in [1.29, 1.82) is 0 Å². The molecule has 0 unspecified atom stereocenters. The number of nitrogens with one attached hydrogen (secondary N) is 1. The summed E-state index contributed by atoms with van der Waals surface area (Å²) in [6, 6.07) is 10.6. The molecular formula is C19H20N2O6S3. The smallest absolute Gasteiger partial charge is 0.244 e. The summed E-state index contributed by atoms with van der Waals surface area (Å²) in [5, 5.41) is 0.503. The SMILES string of the molecule is COc1ccc(S(=O)(=O)NC[C@@H](c2cccnc2)S(=O)(=O)c2cccs2)c(OC)c1. The zero-order valence-corrected chi connectivity index (χ0v) is 18.6. The largest absolute Gasteiger partial charge is 0.497 e. The molecule has 0 saturated carbocycles. The lowest BCUT2D eigenvalue weighted by Gasteiger charge is -2.18. The Morgan fingerprint density at radius 3 is 2.47 bits per heavy atom. The molecule has 1 N–H and O–H groups in total. The normalized spacial score (nSPS) is 13.0. The van der Waals surface area contributed by atoms with Crippen LogP contribution in [0.2, 0.25) is 0 Å². The van der Waals surface area contributed by atoms with E-state index in [-0.39, 0.29) is 21.4 Å². The van der Waals surface area contributed by atoms with Gasteiger partial charge in [0.15, 0.2) is 9.84 Å². The summed E-state index contributed by atoms with van der Waals surface area (Å²) in [4.78, 5) is 3.86. The van der Waals surface area contributed by atoms with Crippen molar-refractivity contribution in [1.82, 2.24) is 9.71 Å². The summed E-state index contributed by atoms with van der Waals surface area (Å²) < 4.78 is 65.0. The lowest BCUT2D eigenvalue weighted by Crippen LogP contribution is -2.32. The van der Waals surface area contributed by atoms with E-state index in [4.69, 9.17) is 9.47 Å². The number of sulfonamides is 1. The molecule has 0 amide bonds. The highest BCUT2D eigenvalue weighted by atomic mass is 32.2. The van der Waals surface area contributed by atoms with Crippen LogP contribution in [0.4, 0.5) is 0 Å². The number of hydrogen-bond acceptors (Lipinski definition) is 8. The molecule has 3 rings (SSSR count). The van der Waals surface area contributed by atoms with E-state index in [1.54, 1.807) is 23.6 Å². The first-order valence-electron chi connectivity index (χ1n) is 8.68. The van der Waals surface area contributed by atoms with E-state index in [1.165, 1.54) is 50.9 Å². The lowest BCUT2D eigenvalue weighted by molar-refractivity contribution is 0.386. The van der Waals surface area contributed by atoms with Gasteiger partial charge in [0.2, 0.25) is 10.0 Å². The Morgan fingerprint density at radius 1 is 1.07 bits per heavy atom.